The average Bonchev–Trinajstić information content (AvgIpc) is 3.10. The van der Waals surface area contributed by atoms with Crippen molar-refractivity contribution in [3.8, 4) is 0 Å². The van der Waals surface area contributed by atoms with Gasteiger partial charge in [0.05, 0.1) is 4.92 Å². The summed E-state index contributed by atoms with van der Waals surface area (Å²) in [5, 5.41) is 11.7. The number of nitro groups is 1. The summed E-state index contributed by atoms with van der Waals surface area (Å²) in [5.74, 6) is 0. The lowest BCUT2D eigenvalue weighted by Crippen LogP contribution is -2.26. The summed E-state index contributed by atoms with van der Waals surface area (Å²) in [6.07, 6.45) is 1.74. The Morgan fingerprint density at radius 1 is 1.38 bits per heavy atom. The lowest BCUT2D eigenvalue weighted by molar-refractivity contribution is -0.384. The van der Waals surface area contributed by atoms with E-state index in [4.69, 9.17) is 11.6 Å². The number of H-pyrrole nitrogens is 1. The fourth-order valence-electron chi connectivity index (χ4n) is 2.40. The Labute approximate surface area is 146 Å². The molecule has 24 heavy (non-hydrogen) atoms. The van der Waals surface area contributed by atoms with E-state index in [1.807, 2.05) is 24.3 Å². The Bertz CT molecular complexity index is 1030. The van der Waals surface area contributed by atoms with Crippen molar-refractivity contribution >= 4 is 49.6 Å². The van der Waals surface area contributed by atoms with E-state index in [-0.39, 0.29) is 8.55 Å². The van der Waals surface area contributed by atoms with Crippen LogP contribution in [0.2, 0.25) is 4.34 Å². The Balaban J connectivity index is 1.91. The molecule has 0 aliphatic rings. The SMILES string of the molecule is CC(NS(=O)(=O)c1cc([N+](=O)[O-])c(Cl)s1)c1c[nH]c2ccccc12. The number of nitrogens with zero attached hydrogens (tertiary/aromatic N) is 1. The van der Waals surface area contributed by atoms with Crippen LogP contribution >= 0.6 is 22.9 Å². The van der Waals surface area contributed by atoms with Gasteiger partial charge in [-0.25, -0.2) is 13.1 Å². The molecule has 2 aromatic heterocycles. The quantitative estimate of drug-likeness (QED) is 0.514. The second kappa shape index (κ2) is 6.17. The molecule has 0 aliphatic carbocycles. The molecule has 0 saturated heterocycles. The van der Waals surface area contributed by atoms with Crippen LogP contribution in [0.4, 0.5) is 5.69 Å². The van der Waals surface area contributed by atoms with Crippen molar-refractivity contribution in [1.82, 2.24) is 9.71 Å². The zero-order valence-electron chi connectivity index (χ0n) is 12.3. The predicted octanol–water partition coefficient (Wildman–Crippen LogP) is 3.83. The maximum atomic E-state index is 12.5. The van der Waals surface area contributed by atoms with E-state index in [2.05, 4.69) is 9.71 Å². The summed E-state index contributed by atoms with van der Waals surface area (Å²) in [6, 6.07) is 7.97. The zero-order chi connectivity index (χ0) is 17.5. The minimum atomic E-state index is -3.92. The van der Waals surface area contributed by atoms with Gasteiger partial charge in [0.15, 0.2) is 4.34 Å². The highest BCUT2D eigenvalue weighted by molar-refractivity contribution is 7.91. The van der Waals surface area contributed by atoms with Crippen molar-refractivity contribution in [2.24, 2.45) is 0 Å². The Hall–Kier alpha value is -1.94. The molecule has 10 heteroatoms. The minimum Gasteiger partial charge on any atom is -0.361 e. The predicted molar refractivity (Wildman–Crippen MR) is 93.0 cm³/mol. The molecule has 3 rings (SSSR count). The minimum absolute atomic E-state index is 0.167. The summed E-state index contributed by atoms with van der Waals surface area (Å²) < 4.78 is 27.1. The van der Waals surface area contributed by atoms with E-state index in [0.717, 1.165) is 22.5 Å². The van der Waals surface area contributed by atoms with Gasteiger partial charge in [-0.1, -0.05) is 29.8 Å². The summed E-state index contributed by atoms with van der Waals surface area (Å²) in [4.78, 5) is 13.2. The Morgan fingerprint density at radius 3 is 2.75 bits per heavy atom. The number of rotatable bonds is 5. The number of hydrogen-bond acceptors (Lipinski definition) is 5. The van der Waals surface area contributed by atoms with Gasteiger partial charge in [0.2, 0.25) is 0 Å². The number of sulfonamides is 1. The van der Waals surface area contributed by atoms with E-state index < -0.39 is 26.7 Å². The fraction of sp³-hybridized carbons (Fsp3) is 0.143. The smallest absolute Gasteiger partial charge is 0.300 e. The molecule has 0 aliphatic heterocycles. The van der Waals surface area contributed by atoms with E-state index in [9.17, 15) is 18.5 Å². The summed E-state index contributed by atoms with van der Waals surface area (Å²) in [6.45, 7) is 1.71. The highest BCUT2D eigenvalue weighted by atomic mass is 35.5. The van der Waals surface area contributed by atoms with Crippen molar-refractivity contribution in [3.05, 3.63) is 56.5 Å². The van der Waals surface area contributed by atoms with Crippen LogP contribution in [0.3, 0.4) is 0 Å². The van der Waals surface area contributed by atoms with Gasteiger partial charge in [0.25, 0.3) is 15.7 Å². The zero-order valence-corrected chi connectivity index (χ0v) is 14.7. The van der Waals surface area contributed by atoms with Crippen LogP contribution < -0.4 is 4.72 Å². The number of fused-ring (bicyclic) bond motifs is 1. The molecule has 7 nitrogen and oxygen atoms in total. The molecule has 0 fully saturated rings. The van der Waals surface area contributed by atoms with Crippen molar-refractivity contribution in [2.45, 2.75) is 17.2 Å². The monoisotopic (exact) mass is 385 g/mol. The molecule has 2 heterocycles. The normalized spacial score (nSPS) is 13.2. The Kier molecular flexibility index (Phi) is 4.35. The van der Waals surface area contributed by atoms with Gasteiger partial charge < -0.3 is 4.98 Å². The van der Waals surface area contributed by atoms with Crippen LogP contribution in [0.5, 0.6) is 0 Å². The van der Waals surface area contributed by atoms with Gasteiger partial charge in [0.1, 0.15) is 4.21 Å². The maximum Gasteiger partial charge on any atom is 0.300 e. The first-order valence-corrected chi connectivity index (χ1v) is 9.49. The van der Waals surface area contributed by atoms with Gasteiger partial charge >= 0.3 is 0 Å². The number of para-hydroxylation sites is 1. The van der Waals surface area contributed by atoms with Crippen LogP contribution in [0, 0.1) is 10.1 Å². The van der Waals surface area contributed by atoms with Crippen molar-refractivity contribution < 1.29 is 13.3 Å². The summed E-state index contributed by atoms with van der Waals surface area (Å²) in [7, 11) is -3.92. The average molecular weight is 386 g/mol. The standard InChI is InChI=1S/C14H12ClN3O4S2/c1-8(10-7-16-11-5-3-2-4-9(10)11)17-24(21,22)13-6-12(18(19)20)14(15)23-13/h2-8,16-17H,1H3. The third-order valence-corrected chi connectivity index (χ3v) is 6.88. The summed E-state index contributed by atoms with van der Waals surface area (Å²) >= 11 is 6.40. The van der Waals surface area contributed by atoms with E-state index in [1.165, 1.54) is 0 Å². The van der Waals surface area contributed by atoms with Gasteiger partial charge in [-0.3, -0.25) is 10.1 Å². The van der Waals surface area contributed by atoms with Crippen LogP contribution in [-0.4, -0.2) is 18.3 Å². The van der Waals surface area contributed by atoms with Crippen LogP contribution in [0.1, 0.15) is 18.5 Å². The number of aromatic amines is 1. The largest absolute Gasteiger partial charge is 0.361 e. The first-order valence-electron chi connectivity index (χ1n) is 6.81. The van der Waals surface area contributed by atoms with Gasteiger partial charge in [0, 0.05) is 29.2 Å². The molecule has 0 bridgehead atoms. The fourth-order valence-corrected chi connectivity index (χ4v) is 5.31. The number of nitrogens with one attached hydrogen (secondary N) is 2. The molecule has 0 amide bonds. The van der Waals surface area contributed by atoms with Crippen molar-refractivity contribution in [2.75, 3.05) is 0 Å². The summed E-state index contributed by atoms with van der Waals surface area (Å²) in [5.41, 5.74) is 1.27. The van der Waals surface area contributed by atoms with Crippen LogP contribution in [0.25, 0.3) is 10.9 Å². The number of hydrogen-bond donors (Lipinski definition) is 2. The maximum absolute atomic E-state index is 12.5. The molecule has 0 spiro atoms. The number of benzene rings is 1. The van der Waals surface area contributed by atoms with E-state index in [0.29, 0.717) is 11.3 Å². The second-order valence-corrected chi connectivity index (χ2v) is 8.71. The van der Waals surface area contributed by atoms with Crippen molar-refractivity contribution in [1.29, 1.82) is 0 Å². The van der Waals surface area contributed by atoms with E-state index >= 15 is 0 Å². The number of aromatic nitrogens is 1. The first kappa shape index (κ1) is 16.9. The number of halogens is 1. The van der Waals surface area contributed by atoms with E-state index in [1.54, 1.807) is 13.1 Å². The van der Waals surface area contributed by atoms with Gasteiger partial charge in [-0.05, 0) is 18.6 Å². The molecule has 126 valence electrons. The lowest BCUT2D eigenvalue weighted by Gasteiger charge is -2.12. The lowest BCUT2D eigenvalue weighted by atomic mass is 10.1. The first-order chi connectivity index (χ1) is 11.3. The second-order valence-electron chi connectivity index (χ2n) is 5.11. The third kappa shape index (κ3) is 3.03. The van der Waals surface area contributed by atoms with Crippen LogP contribution in [0.15, 0.2) is 40.7 Å². The third-order valence-electron chi connectivity index (χ3n) is 3.53. The molecular weight excluding hydrogens is 374 g/mol. The number of thiophene rings is 1. The highest BCUT2D eigenvalue weighted by Gasteiger charge is 2.27. The molecule has 1 unspecified atom stereocenters. The molecule has 0 saturated carbocycles. The molecule has 3 aromatic rings. The highest BCUT2D eigenvalue weighted by Crippen LogP contribution is 2.36. The Morgan fingerprint density at radius 2 is 2.08 bits per heavy atom. The molecule has 2 N–H and O–H groups in total. The molecule has 1 aromatic carbocycles. The van der Waals surface area contributed by atoms with Gasteiger partial charge in [-0.2, -0.15) is 0 Å². The van der Waals surface area contributed by atoms with Crippen LogP contribution in [-0.2, 0) is 10.0 Å². The topological polar surface area (TPSA) is 105 Å². The van der Waals surface area contributed by atoms with Gasteiger partial charge in [-0.15, -0.1) is 11.3 Å². The molecular formula is C14H12ClN3O4S2. The molecule has 0 radical (unpaired) electrons. The van der Waals surface area contributed by atoms with Crippen molar-refractivity contribution in [3.63, 3.8) is 0 Å². The molecule has 1 atom stereocenters.